The number of aromatic nitrogens is 1. The highest BCUT2D eigenvalue weighted by Gasteiger charge is 2.16. The molecule has 2 rings (SSSR count). The molecule has 1 aromatic carbocycles. The van der Waals surface area contributed by atoms with Crippen LogP contribution in [0.4, 0.5) is 22.0 Å². The Morgan fingerprint density at radius 2 is 1.91 bits per heavy atom. The Labute approximate surface area is 145 Å². The molecule has 0 atom stereocenters. The Morgan fingerprint density at radius 3 is 2.48 bits per heavy atom. The zero-order valence-corrected chi connectivity index (χ0v) is 14.5. The van der Waals surface area contributed by atoms with Gasteiger partial charge in [0, 0.05) is 5.02 Å². The summed E-state index contributed by atoms with van der Waals surface area (Å²) < 4.78 is 5.16. The third kappa shape index (κ3) is 5.62. The minimum absolute atomic E-state index is 0.395. The van der Waals surface area contributed by atoms with Crippen molar-refractivity contribution in [3.63, 3.8) is 0 Å². The van der Waals surface area contributed by atoms with Crippen LogP contribution in [0.25, 0.3) is 0 Å². The molecule has 23 heavy (non-hydrogen) atoms. The number of rotatable bonds is 3. The molecule has 1 amide bonds. The van der Waals surface area contributed by atoms with E-state index in [0.717, 1.165) is 5.69 Å². The molecule has 1 aromatic heterocycles. The molecular weight excluding hydrogens is 337 g/mol. The predicted molar refractivity (Wildman–Crippen MR) is 93.8 cm³/mol. The van der Waals surface area contributed by atoms with E-state index in [-0.39, 0.29) is 0 Å². The van der Waals surface area contributed by atoms with E-state index < -0.39 is 11.7 Å². The Kier molecular flexibility index (Phi) is 5.34. The van der Waals surface area contributed by atoms with E-state index >= 15 is 0 Å². The van der Waals surface area contributed by atoms with Crippen LogP contribution < -0.4 is 10.6 Å². The first kappa shape index (κ1) is 17.4. The standard InChI is InChI=1S/C16H17Cl2N3O2/c1-16(2,3)23-15(22)21-14-7-5-11(9-19-14)20-13-6-4-10(17)8-12(13)18/h4-9,20H,1-3H3,(H,19,21,22). The fourth-order valence-electron chi connectivity index (χ4n) is 1.70. The van der Waals surface area contributed by atoms with E-state index in [1.165, 1.54) is 0 Å². The number of ether oxygens (including phenoxy) is 1. The summed E-state index contributed by atoms with van der Waals surface area (Å²) in [6.45, 7) is 5.38. The zero-order chi connectivity index (χ0) is 17.0. The van der Waals surface area contributed by atoms with E-state index in [0.29, 0.717) is 21.6 Å². The number of nitrogens with one attached hydrogen (secondary N) is 2. The van der Waals surface area contributed by atoms with E-state index in [1.54, 1.807) is 57.3 Å². The summed E-state index contributed by atoms with van der Waals surface area (Å²) >= 11 is 12.0. The normalized spacial score (nSPS) is 11.0. The van der Waals surface area contributed by atoms with Crippen molar-refractivity contribution in [2.75, 3.05) is 10.6 Å². The first-order chi connectivity index (χ1) is 10.7. The SMILES string of the molecule is CC(C)(C)OC(=O)Nc1ccc(Nc2ccc(Cl)cc2Cl)cn1. The molecule has 2 N–H and O–H groups in total. The van der Waals surface area contributed by atoms with E-state index in [2.05, 4.69) is 15.6 Å². The summed E-state index contributed by atoms with van der Waals surface area (Å²) in [5.74, 6) is 0.395. The van der Waals surface area contributed by atoms with Crippen LogP contribution in [0.3, 0.4) is 0 Å². The highest BCUT2D eigenvalue weighted by molar-refractivity contribution is 6.36. The second-order valence-corrected chi connectivity index (χ2v) is 6.65. The van der Waals surface area contributed by atoms with Gasteiger partial charge in [-0.1, -0.05) is 23.2 Å². The van der Waals surface area contributed by atoms with Crippen molar-refractivity contribution in [1.82, 2.24) is 4.98 Å². The smallest absolute Gasteiger partial charge is 0.413 e. The molecule has 0 saturated carbocycles. The topological polar surface area (TPSA) is 63.2 Å². The number of pyridine rings is 1. The minimum Gasteiger partial charge on any atom is -0.444 e. The highest BCUT2D eigenvalue weighted by Crippen LogP contribution is 2.28. The van der Waals surface area contributed by atoms with Crippen LogP contribution in [0, 0.1) is 0 Å². The van der Waals surface area contributed by atoms with Gasteiger partial charge < -0.3 is 10.1 Å². The van der Waals surface area contributed by atoms with Crippen LogP contribution in [-0.2, 0) is 4.74 Å². The number of hydrogen-bond donors (Lipinski definition) is 2. The lowest BCUT2D eigenvalue weighted by Gasteiger charge is -2.19. The largest absolute Gasteiger partial charge is 0.444 e. The number of halogens is 2. The third-order valence-electron chi connectivity index (χ3n) is 2.60. The fourth-order valence-corrected chi connectivity index (χ4v) is 2.15. The molecule has 0 unspecified atom stereocenters. The Balaban J connectivity index is 2.01. The van der Waals surface area contributed by atoms with E-state index in [9.17, 15) is 4.79 Å². The van der Waals surface area contributed by atoms with Crippen molar-refractivity contribution < 1.29 is 9.53 Å². The number of carbonyl (C=O) groups excluding carboxylic acids is 1. The number of carbonyl (C=O) groups is 1. The molecule has 1 heterocycles. The zero-order valence-electron chi connectivity index (χ0n) is 13.0. The van der Waals surface area contributed by atoms with Gasteiger partial charge in [0.2, 0.25) is 0 Å². The van der Waals surface area contributed by atoms with Crippen molar-refractivity contribution in [2.24, 2.45) is 0 Å². The van der Waals surface area contributed by atoms with Crippen LogP contribution in [0.1, 0.15) is 20.8 Å². The number of anilines is 3. The molecule has 0 aliphatic heterocycles. The van der Waals surface area contributed by atoms with Crippen molar-refractivity contribution in [3.05, 3.63) is 46.6 Å². The first-order valence-corrected chi connectivity index (χ1v) is 7.67. The summed E-state index contributed by atoms with van der Waals surface area (Å²) in [5, 5.41) is 6.76. The van der Waals surface area contributed by atoms with Gasteiger partial charge >= 0.3 is 6.09 Å². The van der Waals surface area contributed by atoms with Gasteiger partial charge in [-0.05, 0) is 51.1 Å². The maximum Gasteiger partial charge on any atom is 0.413 e. The maximum absolute atomic E-state index is 11.7. The molecule has 2 aromatic rings. The number of amides is 1. The van der Waals surface area contributed by atoms with Gasteiger partial charge in [-0.2, -0.15) is 0 Å². The van der Waals surface area contributed by atoms with Crippen LogP contribution in [0.15, 0.2) is 36.5 Å². The molecule has 0 radical (unpaired) electrons. The van der Waals surface area contributed by atoms with Gasteiger partial charge in [0.25, 0.3) is 0 Å². The molecule has 0 spiro atoms. The van der Waals surface area contributed by atoms with Crippen LogP contribution in [0.5, 0.6) is 0 Å². The summed E-state index contributed by atoms with van der Waals surface area (Å²) in [6.07, 6.45) is 1.03. The van der Waals surface area contributed by atoms with Crippen molar-refractivity contribution >= 4 is 46.5 Å². The van der Waals surface area contributed by atoms with Gasteiger partial charge in [-0.25, -0.2) is 9.78 Å². The highest BCUT2D eigenvalue weighted by atomic mass is 35.5. The summed E-state index contributed by atoms with van der Waals surface area (Å²) in [4.78, 5) is 15.8. The predicted octanol–water partition coefficient (Wildman–Crippen LogP) is 5.48. The molecule has 0 aliphatic rings. The summed E-state index contributed by atoms with van der Waals surface area (Å²) in [6, 6.07) is 8.59. The van der Waals surface area contributed by atoms with Gasteiger partial charge in [0.05, 0.1) is 22.6 Å². The lowest BCUT2D eigenvalue weighted by Crippen LogP contribution is -2.27. The summed E-state index contributed by atoms with van der Waals surface area (Å²) in [5.41, 5.74) is 0.881. The van der Waals surface area contributed by atoms with Gasteiger partial charge in [-0.3, -0.25) is 5.32 Å². The third-order valence-corrected chi connectivity index (χ3v) is 3.15. The first-order valence-electron chi connectivity index (χ1n) is 6.91. The van der Waals surface area contributed by atoms with Gasteiger partial charge in [0.15, 0.2) is 0 Å². The van der Waals surface area contributed by atoms with Crippen LogP contribution in [-0.4, -0.2) is 16.7 Å². The van der Waals surface area contributed by atoms with Crippen LogP contribution in [0.2, 0.25) is 10.0 Å². The van der Waals surface area contributed by atoms with Gasteiger partial charge in [-0.15, -0.1) is 0 Å². The molecule has 122 valence electrons. The lowest BCUT2D eigenvalue weighted by molar-refractivity contribution is 0.0635. The van der Waals surface area contributed by atoms with Crippen LogP contribution >= 0.6 is 23.2 Å². The van der Waals surface area contributed by atoms with Crippen molar-refractivity contribution in [2.45, 2.75) is 26.4 Å². The molecule has 0 saturated heterocycles. The van der Waals surface area contributed by atoms with Crippen molar-refractivity contribution in [3.8, 4) is 0 Å². The molecular formula is C16H17Cl2N3O2. The Morgan fingerprint density at radius 1 is 1.17 bits per heavy atom. The second kappa shape index (κ2) is 7.06. The quantitative estimate of drug-likeness (QED) is 0.766. The van der Waals surface area contributed by atoms with Crippen molar-refractivity contribution in [1.29, 1.82) is 0 Å². The summed E-state index contributed by atoms with van der Waals surface area (Å²) in [7, 11) is 0. The minimum atomic E-state index is -0.559. The van der Waals surface area contributed by atoms with E-state index in [1.807, 2.05) is 0 Å². The number of benzene rings is 1. The molecule has 7 heteroatoms. The second-order valence-electron chi connectivity index (χ2n) is 5.81. The molecule has 0 fully saturated rings. The maximum atomic E-state index is 11.7. The average molecular weight is 354 g/mol. The van der Waals surface area contributed by atoms with E-state index in [4.69, 9.17) is 27.9 Å². The Hall–Kier alpha value is -1.98. The molecule has 0 bridgehead atoms. The Bertz CT molecular complexity index is 697. The fraction of sp³-hybridized carbons (Fsp3) is 0.250. The molecule has 5 nitrogen and oxygen atoms in total. The number of hydrogen-bond acceptors (Lipinski definition) is 4. The molecule has 0 aliphatic carbocycles. The number of nitrogens with zero attached hydrogens (tertiary/aromatic N) is 1. The lowest BCUT2D eigenvalue weighted by atomic mass is 10.2. The monoisotopic (exact) mass is 353 g/mol. The van der Waals surface area contributed by atoms with Gasteiger partial charge in [0.1, 0.15) is 11.4 Å². The average Bonchev–Trinajstić information content (AvgIpc) is 2.42.